The van der Waals surface area contributed by atoms with E-state index < -0.39 is 11.7 Å². The average molecular weight is 455 g/mol. The third-order valence-electron chi connectivity index (χ3n) is 4.07. The van der Waals surface area contributed by atoms with E-state index in [2.05, 4.69) is 10.4 Å². The van der Waals surface area contributed by atoms with Gasteiger partial charge in [0.05, 0.1) is 11.6 Å². The van der Waals surface area contributed by atoms with Gasteiger partial charge in [0.25, 0.3) is 5.91 Å². The third kappa shape index (κ3) is 3.61. The molecule has 2 heterocycles. The van der Waals surface area contributed by atoms with Crippen molar-refractivity contribution in [3.05, 3.63) is 80.0 Å². The number of aromatic nitrogens is 2. The highest BCUT2D eigenvalue weighted by Gasteiger charge is 2.19. The fourth-order valence-electron chi connectivity index (χ4n) is 2.73. The van der Waals surface area contributed by atoms with Crippen molar-refractivity contribution in [2.24, 2.45) is 0 Å². The van der Waals surface area contributed by atoms with E-state index in [1.54, 1.807) is 6.07 Å². The zero-order valence-electron chi connectivity index (χ0n) is 14.0. The molecule has 0 saturated heterocycles. The standard InChI is InChI=1S/C19H11Cl3FN3OS/c20-12-5-3-6-14(23)11(12)8-26-9-13(21)18(25-26)24-19(27)17-16(22)10-4-1-2-7-15(10)28-17/h1-7,9H,8H2,(H,24,25,27). The highest BCUT2D eigenvalue weighted by atomic mass is 35.5. The zero-order valence-corrected chi connectivity index (χ0v) is 17.1. The van der Waals surface area contributed by atoms with Gasteiger partial charge in [0.15, 0.2) is 5.82 Å². The third-order valence-corrected chi connectivity index (χ3v) is 6.38. The van der Waals surface area contributed by atoms with Crippen molar-refractivity contribution in [2.45, 2.75) is 6.54 Å². The van der Waals surface area contributed by atoms with Crippen LogP contribution >= 0.6 is 46.1 Å². The number of anilines is 1. The summed E-state index contributed by atoms with van der Waals surface area (Å²) in [6.45, 7) is 0.0741. The van der Waals surface area contributed by atoms with Crippen LogP contribution in [0.5, 0.6) is 0 Å². The van der Waals surface area contributed by atoms with Crippen LogP contribution in [0.4, 0.5) is 10.2 Å². The van der Waals surface area contributed by atoms with Gasteiger partial charge in [-0.1, -0.05) is 59.1 Å². The average Bonchev–Trinajstić information content (AvgIpc) is 3.18. The molecule has 1 N–H and O–H groups in total. The lowest BCUT2D eigenvalue weighted by atomic mass is 10.2. The topological polar surface area (TPSA) is 46.9 Å². The van der Waals surface area contributed by atoms with Gasteiger partial charge in [-0.3, -0.25) is 9.48 Å². The van der Waals surface area contributed by atoms with Gasteiger partial charge in [-0.05, 0) is 18.2 Å². The van der Waals surface area contributed by atoms with E-state index in [0.29, 0.717) is 9.90 Å². The van der Waals surface area contributed by atoms with Gasteiger partial charge < -0.3 is 5.32 Å². The van der Waals surface area contributed by atoms with Crippen LogP contribution in [0, 0.1) is 5.82 Å². The molecule has 0 radical (unpaired) electrons. The fraction of sp³-hybridized carbons (Fsp3) is 0.0526. The summed E-state index contributed by atoms with van der Waals surface area (Å²) in [6.07, 6.45) is 1.49. The number of nitrogens with zero attached hydrogens (tertiary/aromatic N) is 2. The van der Waals surface area contributed by atoms with Crippen LogP contribution in [0.15, 0.2) is 48.7 Å². The molecule has 2 aromatic carbocycles. The SMILES string of the molecule is O=C(Nc1nn(Cc2c(F)cccc2Cl)cc1Cl)c1sc2ccccc2c1Cl. The molecule has 4 nitrogen and oxygen atoms in total. The molecule has 0 unspecified atom stereocenters. The molecular formula is C19H11Cl3FN3OS. The second kappa shape index (κ2) is 7.72. The molecule has 0 aliphatic carbocycles. The fourth-order valence-corrected chi connectivity index (χ4v) is 4.57. The number of halogens is 4. The summed E-state index contributed by atoms with van der Waals surface area (Å²) in [6, 6.07) is 11.9. The summed E-state index contributed by atoms with van der Waals surface area (Å²) in [4.78, 5) is 13.0. The Kier molecular flexibility index (Phi) is 5.29. The number of carbonyl (C=O) groups is 1. The second-order valence-electron chi connectivity index (χ2n) is 5.92. The molecule has 2 aromatic heterocycles. The molecule has 0 atom stereocenters. The van der Waals surface area contributed by atoms with Crippen LogP contribution in [0.25, 0.3) is 10.1 Å². The van der Waals surface area contributed by atoms with E-state index >= 15 is 0 Å². The van der Waals surface area contributed by atoms with Crippen molar-refractivity contribution < 1.29 is 9.18 Å². The second-order valence-corrected chi connectivity index (χ2v) is 8.16. The summed E-state index contributed by atoms with van der Waals surface area (Å²) >= 11 is 19.9. The van der Waals surface area contributed by atoms with E-state index in [-0.39, 0.29) is 28.0 Å². The molecule has 4 rings (SSSR count). The number of thiophene rings is 1. The highest BCUT2D eigenvalue weighted by molar-refractivity contribution is 7.21. The highest BCUT2D eigenvalue weighted by Crippen LogP contribution is 2.35. The number of amides is 1. The van der Waals surface area contributed by atoms with Gasteiger partial charge in [-0.25, -0.2) is 4.39 Å². The van der Waals surface area contributed by atoms with Crippen LogP contribution in [0.1, 0.15) is 15.2 Å². The van der Waals surface area contributed by atoms with Crippen molar-refractivity contribution in [3.8, 4) is 0 Å². The molecule has 0 aliphatic heterocycles. The molecule has 28 heavy (non-hydrogen) atoms. The molecule has 0 spiro atoms. The molecule has 0 fully saturated rings. The molecule has 0 aliphatic rings. The van der Waals surface area contributed by atoms with E-state index in [1.165, 1.54) is 34.3 Å². The van der Waals surface area contributed by atoms with Gasteiger partial charge in [0.2, 0.25) is 0 Å². The maximum atomic E-state index is 14.0. The van der Waals surface area contributed by atoms with Crippen molar-refractivity contribution in [2.75, 3.05) is 5.32 Å². The number of fused-ring (bicyclic) bond motifs is 1. The lowest BCUT2D eigenvalue weighted by Crippen LogP contribution is -2.12. The molecule has 142 valence electrons. The lowest BCUT2D eigenvalue weighted by molar-refractivity contribution is 0.103. The first-order valence-corrected chi connectivity index (χ1v) is 10.0. The first-order chi connectivity index (χ1) is 13.4. The minimum Gasteiger partial charge on any atom is -0.303 e. The molecule has 0 bridgehead atoms. The number of hydrogen-bond donors (Lipinski definition) is 1. The van der Waals surface area contributed by atoms with E-state index in [0.717, 1.165) is 10.1 Å². The van der Waals surface area contributed by atoms with Gasteiger partial charge >= 0.3 is 0 Å². The number of nitrogens with one attached hydrogen (secondary N) is 1. The van der Waals surface area contributed by atoms with Crippen LogP contribution in [0.2, 0.25) is 15.1 Å². The minimum absolute atomic E-state index is 0.0741. The zero-order chi connectivity index (χ0) is 19.8. The summed E-state index contributed by atoms with van der Waals surface area (Å²) in [7, 11) is 0. The minimum atomic E-state index is -0.443. The Hall–Kier alpha value is -2.12. The Morgan fingerprint density at radius 3 is 2.64 bits per heavy atom. The maximum absolute atomic E-state index is 14.0. The van der Waals surface area contributed by atoms with Crippen molar-refractivity contribution in [1.29, 1.82) is 0 Å². The molecule has 9 heteroatoms. The monoisotopic (exact) mass is 453 g/mol. The van der Waals surface area contributed by atoms with Crippen molar-refractivity contribution in [3.63, 3.8) is 0 Å². The number of benzene rings is 2. The normalized spacial score (nSPS) is 11.1. The molecular weight excluding hydrogens is 444 g/mol. The summed E-state index contributed by atoms with van der Waals surface area (Å²) in [5.74, 6) is -0.698. The Morgan fingerprint density at radius 2 is 1.89 bits per heavy atom. The van der Waals surface area contributed by atoms with Gasteiger partial charge in [-0.15, -0.1) is 11.3 Å². The summed E-state index contributed by atoms with van der Waals surface area (Å²) in [5.41, 5.74) is 0.286. The first kappa shape index (κ1) is 19.2. The van der Waals surface area contributed by atoms with Crippen LogP contribution in [-0.4, -0.2) is 15.7 Å². The van der Waals surface area contributed by atoms with Crippen LogP contribution in [0.3, 0.4) is 0 Å². The smallest absolute Gasteiger partial charge is 0.268 e. The molecule has 1 amide bonds. The number of hydrogen-bond acceptors (Lipinski definition) is 3. The largest absolute Gasteiger partial charge is 0.303 e. The Balaban J connectivity index is 1.58. The van der Waals surface area contributed by atoms with Gasteiger partial charge in [-0.2, -0.15) is 5.10 Å². The molecule has 4 aromatic rings. The number of rotatable bonds is 4. The van der Waals surface area contributed by atoms with Gasteiger partial charge in [0, 0.05) is 26.9 Å². The van der Waals surface area contributed by atoms with E-state index in [9.17, 15) is 9.18 Å². The quantitative estimate of drug-likeness (QED) is 0.383. The van der Waals surface area contributed by atoms with Crippen LogP contribution in [-0.2, 0) is 6.54 Å². The van der Waals surface area contributed by atoms with Gasteiger partial charge in [0.1, 0.15) is 15.7 Å². The van der Waals surface area contributed by atoms with Crippen molar-refractivity contribution >= 4 is 68.0 Å². The predicted octanol–water partition coefficient (Wildman–Crippen LogP) is 6.50. The number of carbonyl (C=O) groups excluding carboxylic acids is 1. The Morgan fingerprint density at radius 1 is 1.11 bits per heavy atom. The van der Waals surface area contributed by atoms with Crippen LogP contribution < -0.4 is 5.32 Å². The first-order valence-electron chi connectivity index (χ1n) is 8.08. The Labute approximate surface area is 178 Å². The maximum Gasteiger partial charge on any atom is 0.268 e. The van der Waals surface area contributed by atoms with E-state index in [1.807, 2.05) is 24.3 Å². The summed E-state index contributed by atoms with van der Waals surface area (Å²) < 4.78 is 16.3. The Bertz CT molecular complexity index is 1180. The van der Waals surface area contributed by atoms with E-state index in [4.69, 9.17) is 34.8 Å². The predicted molar refractivity (Wildman–Crippen MR) is 113 cm³/mol. The molecule has 0 saturated carbocycles. The summed E-state index contributed by atoms with van der Waals surface area (Å²) in [5, 5.41) is 8.58. The van der Waals surface area contributed by atoms with Crippen molar-refractivity contribution in [1.82, 2.24) is 9.78 Å². The lowest BCUT2D eigenvalue weighted by Gasteiger charge is -2.06.